The number of carbonyl (C=O) groups excluding carboxylic acids is 2. The Hall–Kier alpha value is -3.31. The summed E-state index contributed by atoms with van der Waals surface area (Å²) in [6.45, 7) is 1.93. The monoisotopic (exact) mass is 420 g/mol. The summed E-state index contributed by atoms with van der Waals surface area (Å²) in [6, 6.07) is 21.7. The van der Waals surface area contributed by atoms with E-state index < -0.39 is 5.54 Å². The van der Waals surface area contributed by atoms with E-state index in [-0.39, 0.29) is 18.2 Å². The Kier molecular flexibility index (Phi) is 5.22. The van der Waals surface area contributed by atoms with Crippen molar-refractivity contribution in [3.63, 3.8) is 0 Å². The summed E-state index contributed by atoms with van der Waals surface area (Å²) >= 11 is 6.03. The highest BCUT2D eigenvalue weighted by molar-refractivity contribution is 6.30. The summed E-state index contributed by atoms with van der Waals surface area (Å²) in [4.78, 5) is 27.9. The van der Waals surface area contributed by atoms with Crippen molar-refractivity contribution < 1.29 is 14.3 Å². The quantitative estimate of drug-likeness (QED) is 0.595. The summed E-state index contributed by atoms with van der Waals surface area (Å²) < 4.78 is 5.26. The molecule has 3 aromatic rings. The molecule has 0 unspecified atom stereocenters. The van der Waals surface area contributed by atoms with Crippen molar-refractivity contribution in [1.29, 1.82) is 0 Å². The second-order valence-corrected chi connectivity index (χ2v) is 7.68. The van der Waals surface area contributed by atoms with Gasteiger partial charge in [-0.2, -0.15) is 0 Å². The van der Waals surface area contributed by atoms with Gasteiger partial charge < -0.3 is 10.1 Å². The number of β-lactam (4-membered cyclic amide) rings is 1. The van der Waals surface area contributed by atoms with E-state index in [1.54, 1.807) is 48.4 Å². The van der Waals surface area contributed by atoms with Crippen molar-refractivity contribution in [3.05, 3.63) is 88.9 Å². The van der Waals surface area contributed by atoms with E-state index in [0.29, 0.717) is 27.7 Å². The van der Waals surface area contributed by atoms with E-state index in [0.717, 1.165) is 5.56 Å². The number of rotatable bonds is 5. The van der Waals surface area contributed by atoms with E-state index >= 15 is 0 Å². The van der Waals surface area contributed by atoms with Crippen LogP contribution in [0.25, 0.3) is 0 Å². The molecule has 4 rings (SSSR count). The third-order valence-corrected chi connectivity index (χ3v) is 5.71. The Balaban J connectivity index is 1.80. The van der Waals surface area contributed by atoms with Crippen LogP contribution >= 0.6 is 11.6 Å². The number of nitrogens with zero attached hydrogens (tertiary/aromatic N) is 1. The van der Waals surface area contributed by atoms with Crippen LogP contribution in [0.2, 0.25) is 5.02 Å². The molecule has 2 amide bonds. The van der Waals surface area contributed by atoms with Crippen LogP contribution in [0.5, 0.6) is 5.75 Å². The van der Waals surface area contributed by atoms with Gasteiger partial charge in [0, 0.05) is 16.4 Å². The molecule has 3 aromatic carbocycles. The Morgan fingerprint density at radius 3 is 2.30 bits per heavy atom. The minimum absolute atomic E-state index is 0.0691. The first-order valence-electron chi connectivity index (χ1n) is 9.56. The zero-order valence-electron chi connectivity index (χ0n) is 16.7. The Morgan fingerprint density at radius 2 is 1.70 bits per heavy atom. The Labute approximate surface area is 180 Å². The summed E-state index contributed by atoms with van der Waals surface area (Å²) in [5.41, 5.74) is 1.82. The van der Waals surface area contributed by atoms with Crippen LogP contribution in [0, 0.1) is 6.92 Å². The number of benzene rings is 3. The first kappa shape index (κ1) is 20.0. The van der Waals surface area contributed by atoms with Crippen LogP contribution in [0.1, 0.15) is 17.5 Å². The van der Waals surface area contributed by atoms with Crippen molar-refractivity contribution in [3.8, 4) is 5.75 Å². The van der Waals surface area contributed by atoms with Gasteiger partial charge >= 0.3 is 0 Å². The van der Waals surface area contributed by atoms with E-state index in [4.69, 9.17) is 16.3 Å². The average Bonchev–Trinajstić information content (AvgIpc) is 2.75. The fraction of sp³-hybridized carbons (Fsp3) is 0.167. The lowest BCUT2D eigenvalue weighted by Crippen LogP contribution is -2.67. The van der Waals surface area contributed by atoms with Crippen LogP contribution < -0.4 is 15.0 Å². The van der Waals surface area contributed by atoms with Gasteiger partial charge in [0.2, 0.25) is 5.91 Å². The summed E-state index contributed by atoms with van der Waals surface area (Å²) in [5.74, 6) is 0.279. The van der Waals surface area contributed by atoms with Crippen LogP contribution in [0.15, 0.2) is 72.8 Å². The molecular formula is C24H21ClN2O3. The van der Waals surface area contributed by atoms with Crippen molar-refractivity contribution in [1.82, 2.24) is 0 Å². The number of methoxy groups -OCH3 is 1. The molecule has 152 valence electrons. The number of ether oxygens (including phenoxy) is 1. The molecule has 1 N–H and O–H groups in total. The molecule has 0 aliphatic carbocycles. The van der Waals surface area contributed by atoms with Gasteiger partial charge in [-0.3, -0.25) is 14.5 Å². The van der Waals surface area contributed by atoms with Gasteiger partial charge in [0.15, 0.2) is 5.54 Å². The molecular weight excluding hydrogens is 400 g/mol. The highest BCUT2D eigenvalue weighted by Gasteiger charge is 2.58. The number of carbonyl (C=O) groups is 2. The number of aryl methyl sites for hydroxylation is 1. The number of hydrogen-bond acceptors (Lipinski definition) is 3. The highest BCUT2D eigenvalue weighted by Crippen LogP contribution is 2.46. The molecule has 0 bridgehead atoms. The van der Waals surface area contributed by atoms with Crippen molar-refractivity contribution in [2.45, 2.75) is 18.9 Å². The Bertz CT molecular complexity index is 1100. The Morgan fingerprint density at radius 1 is 1.03 bits per heavy atom. The molecule has 1 saturated heterocycles. The SMILES string of the molecule is COc1ccc([C@@]2(C(=O)Nc3ccccc3C)CC(=O)N2c2ccc(Cl)cc2)cc1. The van der Waals surface area contributed by atoms with Crippen LogP contribution in [-0.4, -0.2) is 18.9 Å². The molecule has 0 spiro atoms. The van der Waals surface area contributed by atoms with Crippen molar-refractivity contribution >= 4 is 34.8 Å². The van der Waals surface area contributed by atoms with Gasteiger partial charge in [0.05, 0.1) is 13.5 Å². The first-order valence-corrected chi connectivity index (χ1v) is 9.94. The van der Waals surface area contributed by atoms with E-state index in [1.807, 2.05) is 43.3 Å². The minimum atomic E-state index is -1.17. The van der Waals surface area contributed by atoms with E-state index in [9.17, 15) is 9.59 Å². The molecule has 30 heavy (non-hydrogen) atoms. The average molecular weight is 421 g/mol. The molecule has 1 aliphatic heterocycles. The lowest BCUT2D eigenvalue weighted by atomic mass is 9.76. The third kappa shape index (κ3) is 3.31. The van der Waals surface area contributed by atoms with E-state index in [2.05, 4.69) is 5.32 Å². The topological polar surface area (TPSA) is 58.6 Å². The fourth-order valence-corrected chi connectivity index (χ4v) is 3.93. The second-order valence-electron chi connectivity index (χ2n) is 7.24. The zero-order valence-corrected chi connectivity index (χ0v) is 17.4. The normalized spacial score (nSPS) is 18.0. The fourth-order valence-electron chi connectivity index (χ4n) is 3.80. The molecule has 1 aliphatic rings. The molecule has 6 heteroatoms. The lowest BCUT2D eigenvalue weighted by Gasteiger charge is -2.50. The molecule has 0 aromatic heterocycles. The maximum Gasteiger partial charge on any atom is 0.255 e. The predicted octanol–water partition coefficient (Wildman–Crippen LogP) is 4.93. The smallest absolute Gasteiger partial charge is 0.255 e. The van der Waals surface area contributed by atoms with Crippen molar-refractivity contribution in [2.24, 2.45) is 0 Å². The number of anilines is 2. The maximum atomic E-state index is 13.7. The van der Waals surface area contributed by atoms with Gasteiger partial charge in [-0.15, -0.1) is 0 Å². The van der Waals surface area contributed by atoms with Crippen LogP contribution in [-0.2, 0) is 15.1 Å². The van der Waals surface area contributed by atoms with Gasteiger partial charge in [0.25, 0.3) is 5.91 Å². The van der Waals surface area contributed by atoms with E-state index in [1.165, 1.54) is 0 Å². The molecule has 0 saturated carbocycles. The molecule has 5 nitrogen and oxygen atoms in total. The van der Waals surface area contributed by atoms with Gasteiger partial charge in [0.1, 0.15) is 5.75 Å². The van der Waals surface area contributed by atoms with Crippen LogP contribution in [0.4, 0.5) is 11.4 Å². The number of nitrogens with one attached hydrogen (secondary N) is 1. The molecule has 0 radical (unpaired) electrons. The first-order chi connectivity index (χ1) is 14.5. The van der Waals surface area contributed by atoms with Crippen LogP contribution in [0.3, 0.4) is 0 Å². The van der Waals surface area contributed by atoms with Crippen molar-refractivity contribution in [2.75, 3.05) is 17.3 Å². The standard InChI is InChI=1S/C24H21ClN2O3/c1-16-5-3-4-6-21(16)26-23(29)24(17-7-13-20(30-2)14-8-17)15-22(28)27(24)19-11-9-18(25)10-12-19/h3-14H,15H2,1-2H3,(H,26,29)/t24-/m1/s1. The number of hydrogen-bond donors (Lipinski definition) is 1. The molecule has 1 heterocycles. The number of para-hydroxylation sites is 1. The summed E-state index contributed by atoms with van der Waals surface area (Å²) in [5, 5.41) is 3.58. The third-order valence-electron chi connectivity index (χ3n) is 5.46. The number of amides is 2. The molecule has 1 atom stereocenters. The number of halogens is 1. The largest absolute Gasteiger partial charge is 0.497 e. The summed E-state index contributed by atoms with van der Waals surface area (Å²) in [7, 11) is 1.59. The van der Waals surface area contributed by atoms with Gasteiger partial charge in [-0.1, -0.05) is 41.9 Å². The maximum absolute atomic E-state index is 13.7. The molecule has 1 fully saturated rings. The van der Waals surface area contributed by atoms with Gasteiger partial charge in [-0.05, 0) is 60.5 Å². The summed E-state index contributed by atoms with van der Waals surface area (Å²) in [6.07, 6.45) is 0.0691. The predicted molar refractivity (Wildman–Crippen MR) is 118 cm³/mol. The van der Waals surface area contributed by atoms with Gasteiger partial charge in [-0.25, -0.2) is 0 Å². The lowest BCUT2D eigenvalue weighted by molar-refractivity contribution is -0.137. The minimum Gasteiger partial charge on any atom is -0.497 e. The zero-order chi connectivity index (χ0) is 21.3. The highest BCUT2D eigenvalue weighted by atomic mass is 35.5. The second kappa shape index (κ2) is 7.84.